The molecule has 21 heavy (non-hydrogen) atoms. The molecule has 5 nitrogen and oxygen atoms in total. The van der Waals surface area contributed by atoms with E-state index in [1.54, 1.807) is 17.3 Å². The van der Waals surface area contributed by atoms with Gasteiger partial charge in [0.05, 0.1) is 6.21 Å². The van der Waals surface area contributed by atoms with Crippen molar-refractivity contribution < 1.29 is 0 Å². The van der Waals surface area contributed by atoms with Crippen molar-refractivity contribution in [2.45, 2.75) is 13.8 Å². The predicted octanol–water partition coefficient (Wildman–Crippen LogP) is 3.33. The first-order valence-corrected chi connectivity index (χ1v) is 7.28. The second-order valence-electron chi connectivity index (χ2n) is 4.72. The highest BCUT2D eigenvalue weighted by molar-refractivity contribution is 9.10. The number of hydrogen-bond donors (Lipinski definition) is 0. The molecule has 0 saturated heterocycles. The highest BCUT2D eigenvalue weighted by Gasteiger charge is 2.09. The van der Waals surface area contributed by atoms with Gasteiger partial charge >= 0.3 is 0 Å². The second-order valence-corrected chi connectivity index (χ2v) is 5.64. The fraction of sp³-hybridized carbons (Fsp3) is 0.133. The summed E-state index contributed by atoms with van der Waals surface area (Å²) in [6.07, 6.45) is 4.94. The van der Waals surface area contributed by atoms with Crippen molar-refractivity contribution in [3.05, 3.63) is 64.4 Å². The van der Waals surface area contributed by atoms with Crippen LogP contribution in [0.4, 0.5) is 0 Å². The van der Waals surface area contributed by atoms with Crippen molar-refractivity contribution in [3.8, 4) is 5.69 Å². The molecular weight excluding hydrogens is 330 g/mol. The number of nitrogens with zero attached hydrogens (tertiary/aromatic N) is 5. The third kappa shape index (κ3) is 2.80. The van der Waals surface area contributed by atoms with Gasteiger partial charge in [0.15, 0.2) is 0 Å². The van der Waals surface area contributed by atoms with E-state index in [1.807, 2.05) is 18.3 Å². The lowest BCUT2D eigenvalue weighted by Crippen LogP contribution is -1.99. The van der Waals surface area contributed by atoms with E-state index in [0.29, 0.717) is 0 Å². The van der Waals surface area contributed by atoms with Gasteiger partial charge in [0.1, 0.15) is 12.7 Å². The van der Waals surface area contributed by atoms with E-state index < -0.39 is 0 Å². The van der Waals surface area contributed by atoms with Crippen molar-refractivity contribution in [2.75, 3.05) is 0 Å². The van der Waals surface area contributed by atoms with Crippen LogP contribution in [0.15, 0.2) is 52.6 Å². The van der Waals surface area contributed by atoms with Crippen LogP contribution in [0, 0.1) is 13.8 Å². The van der Waals surface area contributed by atoms with Crippen LogP contribution in [0.2, 0.25) is 0 Å². The normalized spacial score (nSPS) is 11.4. The Hall–Kier alpha value is -2.21. The van der Waals surface area contributed by atoms with Crippen LogP contribution < -0.4 is 0 Å². The van der Waals surface area contributed by atoms with Crippen molar-refractivity contribution in [2.24, 2.45) is 5.10 Å². The molecule has 0 saturated carbocycles. The Morgan fingerprint density at radius 1 is 1.10 bits per heavy atom. The first-order chi connectivity index (χ1) is 10.1. The Bertz CT molecular complexity index is 769. The number of aromatic nitrogens is 4. The van der Waals surface area contributed by atoms with Gasteiger partial charge in [-0.2, -0.15) is 5.10 Å². The van der Waals surface area contributed by atoms with E-state index in [-0.39, 0.29) is 0 Å². The molecule has 0 amide bonds. The lowest BCUT2D eigenvalue weighted by molar-refractivity contribution is 0.877. The maximum atomic E-state index is 4.31. The third-order valence-electron chi connectivity index (χ3n) is 3.29. The Morgan fingerprint density at radius 3 is 2.43 bits per heavy atom. The van der Waals surface area contributed by atoms with Gasteiger partial charge in [-0.15, -0.1) is 10.2 Å². The zero-order valence-electron chi connectivity index (χ0n) is 11.7. The van der Waals surface area contributed by atoms with Gasteiger partial charge in [0, 0.05) is 27.1 Å². The van der Waals surface area contributed by atoms with Crippen LogP contribution in [0.3, 0.4) is 0 Å². The zero-order valence-corrected chi connectivity index (χ0v) is 13.3. The summed E-state index contributed by atoms with van der Waals surface area (Å²) in [6.45, 7) is 4.17. The lowest BCUT2D eigenvalue weighted by Gasteiger charge is -2.09. The molecule has 2 heterocycles. The minimum Gasteiger partial charge on any atom is -0.318 e. The Labute approximate surface area is 131 Å². The Morgan fingerprint density at radius 2 is 1.76 bits per heavy atom. The van der Waals surface area contributed by atoms with Crippen LogP contribution in [0.25, 0.3) is 5.69 Å². The molecule has 0 bridgehead atoms. The molecule has 106 valence electrons. The summed E-state index contributed by atoms with van der Waals surface area (Å²) in [5.41, 5.74) is 4.52. The fourth-order valence-corrected chi connectivity index (χ4v) is 2.55. The Balaban J connectivity index is 1.98. The highest BCUT2D eigenvalue weighted by atomic mass is 79.9. The molecule has 0 unspecified atom stereocenters. The molecule has 3 rings (SSSR count). The molecule has 0 fully saturated rings. The summed E-state index contributed by atoms with van der Waals surface area (Å²) >= 11 is 3.46. The van der Waals surface area contributed by atoms with Gasteiger partial charge in [-0.25, -0.2) is 4.68 Å². The summed E-state index contributed by atoms with van der Waals surface area (Å²) in [4.78, 5) is 0. The molecule has 0 N–H and O–H groups in total. The molecule has 0 aliphatic heterocycles. The molecule has 0 atom stereocenters. The molecule has 3 aromatic rings. The van der Waals surface area contributed by atoms with Gasteiger partial charge in [-0.3, -0.25) is 0 Å². The van der Waals surface area contributed by atoms with E-state index >= 15 is 0 Å². The molecular formula is C15H14BrN5. The SMILES string of the molecule is Cc1cc(/C=N\n2cnnc2)c(C)n1-c1ccc(Br)cc1. The predicted molar refractivity (Wildman–Crippen MR) is 86.0 cm³/mol. The maximum Gasteiger partial charge on any atom is 0.141 e. The quantitative estimate of drug-likeness (QED) is 0.685. The molecule has 6 heteroatoms. The van der Waals surface area contributed by atoms with E-state index in [9.17, 15) is 0 Å². The number of aryl methyl sites for hydroxylation is 1. The summed E-state index contributed by atoms with van der Waals surface area (Å²) in [5, 5.41) is 11.8. The molecule has 0 aliphatic carbocycles. The number of rotatable bonds is 3. The fourth-order valence-electron chi connectivity index (χ4n) is 2.29. The van der Waals surface area contributed by atoms with E-state index in [0.717, 1.165) is 21.4 Å². The van der Waals surface area contributed by atoms with Crippen molar-refractivity contribution in [1.29, 1.82) is 0 Å². The monoisotopic (exact) mass is 343 g/mol. The van der Waals surface area contributed by atoms with Crippen LogP contribution in [0.1, 0.15) is 17.0 Å². The topological polar surface area (TPSA) is 48.0 Å². The number of halogens is 1. The minimum atomic E-state index is 1.07. The molecule has 0 radical (unpaired) electrons. The van der Waals surface area contributed by atoms with Gasteiger partial charge in [0.25, 0.3) is 0 Å². The van der Waals surface area contributed by atoms with Crippen LogP contribution in [-0.4, -0.2) is 25.7 Å². The number of hydrogen-bond acceptors (Lipinski definition) is 3. The molecule has 2 aromatic heterocycles. The van der Waals surface area contributed by atoms with Gasteiger partial charge in [-0.1, -0.05) is 15.9 Å². The Kier molecular flexibility index (Phi) is 3.70. The minimum absolute atomic E-state index is 1.07. The standard InChI is InChI=1S/C15H14BrN5/c1-11-7-13(8-19-20-9-17-18-10-20)12(2)21(11)15-5-3-14(16)4-6-15/h3-10H,1-2H3/b19-8-. The summed E-state index contributed by atoms with van der Waals surface area (Å²) < 4.78 is 4.86. The molecule has 0 spiro atoms. The average molecular weight is 344 g/mol. The zero-order chi connectivity index (χ0) is 14.8. The van der Waals surface area contributed by atoms with E-state index in [4.69, 9.17) is 0 Å². The number of benzene rings is 1. The van der Waals surface area contributed by atoms with Gasteiger partial charge in [-0.05, 0) is 44.2 Å². The highest BCUT2D eigenvalue weighted by Crippen LogP contribution is 2.21. The van der Waals surface area contributed by atoms with E-state index in [2.05, 4.69) is 67.8 Å². The van der Waals surface area contributed by atoms with Crippen molar-refractivity contribution >= 4 is 22.1 Å². The van der Waals surface area contributed by atoms with Crippen LogP contribution in [-0.2, 0) is 0 Å². The summed E-state index contributed by atoms with van der Waals surface area (Å²) in [5.74, 6) is 0. The summed E-state index contributed by atoms with van der Waals surface area (Å²) in [6, 6.07) is 10.4. The van der Waals surface area contributed by atoms with Crippen molar-refractivity contribution in [1.82, 2.24) is 19.4 Å². The smallest absolute Gasteiger partial charge is 0.141 e. The molecule has 0 aliphatic rings. The molecule has 1 aromatic carbocycles. The lowest BCUT2D eigenvalue weighted by atomic mass is 10.2. The average Bonchev–Trinajstić information content (AvgIpc) is 3.07. The first kappa shape index (κ1) is 13.8. The third-order valence-corrected chi connectivity index (χ3v) is 3.82. The second kappa shape index (κ2) is 5.65. The first-order valence-electron chi connectivity index (χ1n) is 6.49. The largest absolute Gasteiger partial charge is 0.318 e. The van der Waals surface area contributed by atoms with Crippen LogP contribution >= 0.6 is 15.9 Å². The van der Waals surface area contributed by atoms with Crippen LogP contribution in [0.5, 0.6) is 0 Å². The van der Waals surface area contributed by atoms with E-state index in [1.165, 1.54) is 5.69 Å². The van der Waals surface area contributed by atoms with Gasteiger partial charge in [0.2, 0.25) is 0 Å². The van der Waals surface area contributed by atoms with Crippen molar-refractivity contribution in [3.63, 3.8) is 0 Å². The summed E-state index contributed by atoms with van der Waals surface area (Å²) in [7, 11) is 0. The van der Waals surface area contributed by atoms with Gasteiger partial charge < -0.3 is 4.57 Å². The maximum absolute atomic E-state index is 4.31.